The zero-order valence-electron chi connectivity index (χ0n) is 11.7. The molecule has 2 unspecified atom stereocenters. The van der Waals surface area contributed by atoms with Gasteiger partial charge in [0.05, 0.1) is 0 Å². The Morgan fingerprint density at radius 3 is 2.60 bits per heavy atom. The molecule has 3 nitrogen and oxygen atoms in total. The van der Waals surface area contributed by atoms with Crippen LogP contribution in [0.3, 0.4) is 0 Å². The highest BCUT2D eigenvalue weighted by Gasteiger charge is 2.31. The normalized spacial score (nSPS) is 24.9. The molecule has 1 N–H and O–H groups in total. The summed E-state index contributed by atoms with van der Waals surface area (Å²) in [6.45, 7) is 1.75. The van der Waals surface area contributed by atoms with Crippen LogP contribution in [0.25, 0.3) is 0 Å². The van der Waals surface area contributed by atoms with Crippen LogP contribution in [0.2, 0.25) is 0 Å². The Hall–Kier alpha value is -0.710. The maximum Gasteiger partial charge on any atom is 0.253 e. The van der Waals surface area contributed by atoms with E-state index in [9.17, 15) is 4.79 Å². The van der Waals surface area contributed by atoms with Crippen LogP contribution < -0.4 is 5.32 Å². The van der Waals surface area contributed by atoms with E-state index in [4.69, 9.17) is 0 Å². The van der Waals surface area contributed by atoms with Crippen LogP contribution in [-0.4, -0.2) is 42.2 Å². The van der Waals surface area contributed by atoms with E-state index in [1.165, 1.54) is 17.7 Å². The molecule has 2 saturated heterocycles. The van der Waals surface area contributed by atoms with E-state index in [-0.39, 0.29) is 18.3 Å². The van der Waals surface area contributed by atoms with Crippen molar-refractivity contribution < 1.29 is 4.79 Å². The molecular formula is C15H21ClN2OS. The molecule has 2 bridgehead atoms. The third-order valence-corrected chi connectivity index (χ3v) is 4.89. The molecule has 2 atom stereocenters. The van der Waals surface area contributed by atoms with Crippen LogP contribution in [0.15, 0.2) is 29.2 Å². The lowest BCUT2D eigenvalue weighted by Gasteiger charge is -2.24. The Morgan fingerprint density at radius 2 is 1.90 bits per heavy atom. The minimum Gasteiger partial charge on any atom is -0.337 e. The van der Waals surface area contributed by atoms with Crippen molar-refractivity contribution in [1.82, 2.24) is 10.2 Å². The van der Waals surface area contributed by atoms with E-state index < -0.39 is 0 Å². The highest BCUT2D eigenvalue weighted by Crippen LogP contribution is 2.22. The lowest BCUT2D eigenvalue weighted by atomic mass is 10.1. The van der Waals surface area contributed by atoms with Crippen LogP contribution in [-0.2, 0) is 0 Å². The van der Waals surface area contributed by atoms with Crippen molar-refractivity contribution in [3.63, 3.8) is 0 Å². The molecule has 20 heavy (non-hydrogen) atoms. The summed E-state index contributed by atoms with van der Waals surface area (Å²) in [4.78, 5) is 15.7. The monoisotopic (exact) mass is 312 g/mol. The summed E-state index contributed by atoms with van der Waals surface area (Å²) in [6.07, 6.45) is 5.62. The molecule has 0 saturated carbocycles. The predicted molar refractivity (Wildman–Crippen MR) is 85.9 cm³/mol. The van der Waals surface area contributed by atoms with E-state index >= 15 is 0 Å². The zero-order valence-corrected chi connectivity index (χ0v) is 13.3. The highest BCUT2D eigenvalue weighted by atomic mass is 35.5. The molecule has 2 aliphatic heterocycles. The van der Waals surface area contributed by atoms with Crippen molar-refractivity contribution in [1.29, 1.82) is 0 Å². The molecule has 0 aromatic heterocycles. The Bertz CT molecular complexity index is 465. The second-order valence-corrected chi connectivity index (χ2v) is 6.29. The molecule has 1 aromatic rings. The van der Waals surface area contributed by atoms with Crippen molar-refractivity contribution in [3.8, 4) is 0 Å². The number of nitrogens with zero attached hydrogens (tertiary/aromatic N) is 1. The number of amides is 1. The van der Waals surface area contributed by atoms with Gasteiger partial charge in [-0.3, -0.25) is 4.79 Å². The van der Waals surface area contributed by atoms with Gasteiger partial charge in [0.1, 0.15) is 0 Å². The average molecular weight is 313 g/mol. The third-order valence-electron chi connectivity index (χ3n) is 4.15. The lowest BCUT2D eigenvalue weighted by Crippen LogP contribution is -2.39. The van der Waals surface area contributed by atoms with E-state index in [0.717, 1.165) is 25.1 Å². The number of nitrogens with one attached hydrogen (secondary N) is 1. The van der Waals surface area contributed by atoms with Gasteiger partial charge in [0, 0.05) is 35.6 Å². The molecule has 2 fully saturated rings. The van der Waals surface area contributed by atoms with E-state index in [1.807, 2.05) is 35.4 Å². The van der Waals surface area contributed by atoms with Crippen molar-refractivity contribution in [3.05, 3.63) is 29.8 Å². The Kier molecular flexibility index (Phi) is 5.35. The Labute approximate surface area is 130 Å². The summed E-state index contributed by atoms with van der Waals surface area (Å²) in [7, 11) is 0. The first-order chi connectivity index (χ1) is 9.26. The molecule has 110 valence electrons. The Balaban J connectivity index is 0.00000147. The molecule has 5 heteroatoms. The van der Waals surface area contributed by atoms with Gasteiger partial charge in [0.2, 0.25) is 0 Å². The second-order valence-electron chi connectivity index (χ2n) is 5.41. The van der Waals surface area contributed by atoms with Gasteiger partial charge in [-0.25, -0.2) is 0 Å². The quantitative estimate of drug-likeness (QED) is 0.852. The number of rotatable bonds is 2. The smallest absolute Gasteiger partial charge is 0.253 e. The summed E-state index contributed by atoms with van der Waals surface area (Å²) < 4.78 is 0. The summed E-state index contributed by atoms with van der Waals surface area (Å²) in [5.74, 6) is 0.182. The summed E-state index contributed by atoms with van der Waals surface area (Å²) >= 11 is 1.70. The minimum absolute atomic E-state index is 0. The van der Waals surface area contributed by atoms with E-state index in [1.54, 1.807) is 11.8 Å². The van der Waals surface area contributed by atoms with Gasteiger partial charge in [-0.2, -0.15) is 0 Å². The number of fused-ring (bicyclic) bond motifs is 2. The molecule has 0 aliphatic carbocycles. The van der Waals surface area contributed by atoms with Gasteiger partial charge >= 0.3 is 0 Å². The number of likely N-dealkylation sites (tertiary alicyclic amines) is 1. The number of carbonyl (C=O) groups excluding carboxylic acids is 1. The fraction of sp³-hybridized carbons (Fsp3) is 0.533. The van der Waals surface area contributed by atoms with Crippen LogP contribution in [0.1, 0.15) is 29.6 Å². The fourth-order valence-corrected chi connectivity index (χ4v) is 3.45. The first-order valence-corrected chi connectivity index (χ1v) is 8.18. The summed E-state index contributed by atoms with van der Waals surface area (Å²) in [5, 5.41) is 3.61. The molecular weight excluding hydrogens is 292 g/mol. The molecule has 1 aromatic carbocycles. The Morgan fingerprint density at radius 1 is 1.20 bits per heavy atom. The molecule has 3 rings (SSSR count). The van der Waals surface area contributed by atoms with Crippen molar-refractivity contribution in [2.45, 2.75) is 36.2 Å². The highest BCUT2D eigenvalue weighted by molar-refractivity contribution is 7.98. The van der Waals surface area contributed by atoms with E-state index in [0.29, 0.717) is 12.1 Å². The van der Waals surface area contributed by atoms with Crippen LogP contribution in [0.5, 0.6) is 0 Å². The fourth-order valence-electron chi connectivity index (χ4n) is 3.04. The van der Waals surface area contributed by atoms with E-state index in [2.05, 4.69) is 5.32 Å². The summed E-state index contributed by atoms with van der Waals surface area (Å²) in [5.41, 5.74) is 0.815. The zero-order chi connectivity index (χ0) is 13.2. The number of carbonyl (C=O) groups is 1. The van der Waals surface area contributed by atoms with Crippen LogP contribution >= 0.6 is 24.2 Å². The van der Waals surface area contributed by atoms with Crippen LogP contribution in [0, 0.1) is 0 Å². The largest absolute Gasteiger partial charge is 0.337 e. The molecule has 2 heterocycles. The van der Waals surface area contributed by atoms with Gasteiger partial charge in [-0.1, -0.05) is 0 Å². The number of thioether (sulfide) groups is 1. The molecule has 0 spiro atoms. The minimum atomic E-state index is 0. The van der Waals surface area contributed by atoms with Crippen molar-refractivity contribution in [2.75, 3.05) is 19.3 Å². The number of hydrogen-bond donors (Lipinski definition) is 1. The maximum absolute atomic E-state index is 12.5. The standard InChI is InChI=1S/C15H20N2OS.ClH/c1-19-14-6-2-11(3-7-14)15(18)17-9-8-12-4-5-13(10-17)16-12;/h2-3,6-7,12-13,16H,4-5,8-10H2,1H3;1H. The molecule has 0 radical (unpaired) electrons. The topological polar surface area (TPSA) is 32.3 Å². The number of halogens is 1. The molecule has 2 aliphatic rings. The first kappa shape index (κ1) is 15.7. The maximum atomic E-state index is 12.5. The van der Waals surface area contributed by atoms with Gasteiger partial charge in [0.25, 0.3) is 5.91 Å². The van der Waals surface area contributed by atoms with Crippen molar-refractivity contribution in [2.24, 2.45) is 0 Å². The third kappa shape index (κ3) is 3.30. The SMILES string of the molecule is CSc1ccc(C(=O)N2CCC3CCC(C2)N3)cc1.Cl. The number of benzene rings is 1. The number of hydrogen-bond acceptors (Lipinski definition) is 3. The first-order valence-electron chi connectivity index (χ1n) is 6.95. The van der Waals surface area contributed by atoms with Crippen molar-refractivity contribution >= 4 is 30.1 Å². The van der Waals surface area contributed by atoms with Gasteiger partial charge in [-0.15, -0.1) is 24.2 Å². The second kappa shape index (κ2) is 6.83. The van der Waals surface area contributed by atoms with Gasteiger partial charge in [0.15, 0.2) is 0 Å². The predicted octanol–water partition coefficient (Wildman–Crippen LogP) is 2.80. The van der Waals surface area contributed by atoms with Gasteiger partial charge in [-0.05, 0) is 49.8 Å². The lowest BCUT2D eigenvalue weighted by molar-refractivity contribution is 0.0748. The van der Waals surface area contributed by atoms with Crippen LogP contribution in [0.4, 0.5) is 0 Å². The molecule has 1 amide bonds. The van der Waals surface area contributed by atoms with Gasteiger partial charge < -0.3 is 10.2 Å². The summed E-state index contributed by atoms with van der Waals surface area (Å²) in [6, 6.07) is 9.08. The average Bonchev–Trinajstić information content (AvgIpc) is 2.78.